The van der Waals surface area contributed by atoms with Gasteiger partial charge in [0.15, 0.2) is 5.82 Å². The minimum absolute atomic E-state index is 0.0113. The number of aromatic nitrogens is 1. The second kappa shape index (κ2) is 9.70. The van der Waals surface area contributed by atoms with Gasteiger partial charge in [0.1, 0.15) is 23.7 Å². The van der Waals surface area contributed by atoms with Gasteiger partial charge in [0, 0.05) is 40.9 Å². The Balaban J connectivity index is 1.70. The fraction of sp³-hybridized carbons (Fsp3) is 0.200. The third kappa shape index (κ3) is 4.65. The number of methoxy groups -OCH3 is 2. The Morgan fingerprint density at radius 2 is 1.97 bits per heavy atom. The zero-order valence-electron chi connectivity index (χ0n) is 18.3. The number of rotatable bonds is 8. The Hall–Kier alpha value is -3.91. The molecule has 0 aliphatic carbocycles. The van der Waals surface area contributed by atoms with Crippen molar-refractivity contribution in [2.75, 3.05) is 14.2 Å². The average Bonchev–Trinajstić information content (AvgIpc) is 3.31. The lowest BCUT2D eigenvalue weighted by Gasteiger charge is -2.14. The van der Waals surface area contributed by atoms with Crippen molar-refractivity contribution in [1.82, 2.24) is 4.98 Å². The standard InChI is InChI=1S/C25H23FN2O5/c1-30-18-4-3-16(11-23(29)31-2)22(12-18)33-14-15-9-17-6-8-32-25(17)20(10-15)19-5-7-28-21(13-27)24(19)26/h3-10,12H,11,13-14,27H2,1-2H3. The van der Waals surface area contributed by atoms with E-state index in [-0.39, 0.29) is 31.2 Å². The van der Waals surface area contributed by atoms with Crippen molar-refractivity contribution in [3.8, 4) is 22.6 Å². The van der Waals surface area contributed by atoms with Crippen LogP contribution in [0.5, 0.6) is 11.5 Å². The second-order valence-electron chi connectivity index (χ2n) is 7.32. The highest BCUT2D eigenvalue weighted by molar-refractivity contribution is 5.93. The van der Waals surface area contributed by atoms with Gasteiger partial charge in [-0.05, 0) is 35.9 Å². The van der Waals surface area contributed by atoms with Crippen LogP contribution >= 0.6 is 0 Å². The van der Waals surface area contributed by atoms with Crippen LogP contribution in [0, 0.1) is 5.82 Å². The van der Waals surface area contributed by atoms with Crippen molar-refractivity contribution in [1.29, 1.82) is 0 Å². The average molecular weight is 450 g/mol. The molecule has 0 bridgehead atoms. The molecule has 0 radical (unpaired) electrons. The van der Waals surface area contributed by atoms with E-state index in [9.17, 15) is 9.18 Å². The lowest BCUT2D eigenvalue weighted by atomic mass is 10.00. The first-order chi connectivity index (χ1) is 16.0. The van der Waals surface area contributed by atoms with E-state index in [2.05, 4.69) is 4.98 Å². The number of halogens is 1. The number of nitrogens with zero attached hydrogens (tertiary/aromatic N) is 1. The number of furan rings is 1. The first-order valence-corrected chi connectivity index (χ1v) is 10.2. The number of carbonyl (C=O) groups is 1. The summed E-state index contributed by atoms with van der Waals surface area (Å²) < 4.78 is 36.7. The molecule has 2 aromatic carbocycles. The number of benzene rings is 2. The molecule has 8 heteroatoms. The predicted molar refractivity (Wildman–Crippen MR) is 120 cm³/mol. The Labute approximate surface area is 189 Å². The molecule has 0 spiro atoms. The Bertz CT molecular complexity index is 1300. The fourth-order valence-electron chi connectivity index (χ4n) is 3.60. The van der Waals surface area contributed by atoms with Gasteiger partial charge < -0.3 is 24.4 Å². The summed E-state index contributed by atoms with van der Waals surface area (Å²) in [4.78, 5) is 15.8. The SMILES string of the molecule is COC(=O)Cc1ccc(OC)cc1OCc1cc(-c2ccnc(CN)c2F)c2occc2c1. The van der Waals surface area contributed by atoms with Crippen molar-refractivity contribution in [3.63, 3.8) is 0 Å². The quantitative estimate of drug-likeness (QED) is 0.398. The zero-order chi connectivity index (χ0) is 23.4. The Morgan fingerprint density at radius 1 is 1.12 bits per heavy atom. The molecule has 2 heterocycles. The number of ether oxygens (including phenoxy) is 3. The fourth-order valence-corrected chi connectivity index (χ4v) is 3.60. The molecule has 0 aliphatic rings. The Kier molecular flexibility index (Phi) is 6.55. The first kappa shape index (κ1) is 22.3. The Morgan fingerprint density at radius 3 is 2.73 bits per heavy atom. The van der Waals surface area contributed by atoms with Crippen LogP contribution < -0.4 is 15.2 Å². The summed E-state index contributed by atoms with van der Waals surface area (Å²) in [6.07, 6.45) is 3.14. The van der Waals surface area contributed by atoms with Crippen LogP contribution in [0.25, 0.3) is 22.1 Å². The molecule has 2 aromatic heterocycles. The molecule has 0 amide bonds. The highest BCUT2D eigenvalue weighted by atomic mass is 19.1. The van der Waals surface area contributed by atoms with Gasteiger partial charge >= 0.3 is 5.97 Å². The van der Waals surface area contributed by atoms with Crippen LogP contribution in [0.15, 0.2) is 59.3 Å². The molecule has 0 atom stereocenters. The number of nitrogens with two attached hydrogens (primary N) is 1. The third-order valence-corrected chi connectivity index (χ3v) is 5.29. The highest BCUT2D eigenvalue weighted by Crippen LogP contribution is 2.34. The van der Waals surface area contributed by atoms with Crippen LogP contribution in [-0.2, 0) is 29.1 Å². The van der Waals surface area contributed by atoms with Gasteiger partial charge in [-0.2, -0.15) is 0 Å². The van der Waals surface area contributed by atoms with E-state index in [1.54, 1.807) is 43.7 Å². The number of hydrogen-bond acceptors (Lipinski definition) is 7. The van der Waals surface area contributed by atoms with E-state index in [4.69, 9.17) is 24.4 Å². The van der Waals surface area contributed by atoms with Gasteiger partial charge in [-0.3, -0.25) is 9.78 Å². The number of carbonyl (C=O) groups excluding carboxylic acids is 1. The summed E-state index contributed by atoms with van der Waals surface area (Å²) in [7, 11) is 2.89. The molecular formula is C25H23FN2O5. The van der Waals surface area contributed by atoms with Crippen molar-refractivity contribution < 1.29 is 27.8 Å². The maximum atomic E-state index is 15.0. The van der Waals surface area contributed by atoms with E-state index < -0.39 is 5.82 Å². The van der Waals surface area contributed by atoms with E-state index in [1.165, 1.54) is 13.3 Å². The van der Waals surface area contributed by atoms with Crippen LogP contribution in [0.4, 0.5) is 4.39 Å². The molecule has 7 nitrogen and oxygen atoms in total. The zero-order valence-corrected chi connectivity index (χ0v) is 18.3. The predicted octanol–water partition coefficient (Wildman–Crippen LogP) is 4.40. The van der Waals surface area contributed by atoms with Crippen molar-refractivity contribution in [2.24, 2.45) is 5.73 Å². The summed E-state index contributed by atoms with van der Waals surface area (Å²) in [5.74, 6) is 0.229. The first-order valence-electron chi connectivity index (χ1n) is 10.2. The van der Waals surface area contributed by atoms with Crippen LogP contribution in [0.1, 0.15) is 16.8 Å². The number of fused-ring (bicyclic) bond motifs is 1. The van der Waals surface area contributed by atoms with Crippen molar-refractivity contribution >= 4 is 16.9 Å². The smallest absolute Gasteiger partial charge is 0.310 e. The number of esters is 1. The minimum Gasteiger partial charge on any atom is -0.497 e. The summed E-state index contributed by atoms with van der Waals surface area (Å²) in [6.45, 7) is 0.161. The third-order valence-electron chi connectivity index (χ3n) is 5.29. The molecule has 0 saturated heterocycles. The summed E-state index contributed by atoms with van der Waals surface area (Å²) in [5, 5.41) is 0.803. The summed E-state index contributed by atoms with van der Waals surface area (Å²) >= 11 is 0. The number of pyridine rings is 1. The minimum atomic E-state index is -0.482. The van der Waals surface area contributed by atoms with Gasteiger partial charge in [0.25, 0.3) is 0 Å². The topological polar surface area (TPSA) is 96.8 Å². The molecule has 170 valence electrons. The molecule has 4 rings (SSSR count). The van der Waals surface area contributed by atoms with Gasteiger partial charge in [-0.1, -0.05) is 6.07 Å². The van der Waals surface area contributed by atoms with Gasteiger partial charge in [-0.15, -0.1) is 0 Å². The maximum absolute atomic E-state index is 15.0. The lowest BCUT2D eigenvalue weighted by molar-refractivity contribution is -0.139. The van der Waals surface area contributed by atoms with Crippen LogP contribution in [0.3, 0.4) is 0 Å². The molecule has 4 aromatic rings. The van der Waals surface area contributed by atoms with Gasteiger partial charge in [0.2, 0.25) is 0 Å². The van der Waals surface area contributed by atoms with E-state index in [0.29, 0.717) is 33.8 Å². The highest BCUT2D eigenvalue weighted by Gasteiger charge is 2.17. The lowest BCUT2D eigenvalue weighted by Crippen LogP contribution is -2.07. The maximum Gasteiger partial charge on any atom is 0.310 e. The molecule has 0 unspecified atom stereocenters. The van der Waals surface area contributed by atoms with E-state index in [1.807, 2.05) is 12.1 Å². The van der Waals surface area contributed by atoms with Crippen LogP contribution in [0.2, 0.25) is 0 Å². The molecule has 0 saturated carbocycles. The molecule has 2 N–H and O–H groups in total. The normalized spacial score (nSPS) is 10.9. The summed E-state index contributed by atoms with van der Waals surface area (Å²) in [5.41, 5.74) is 8.74. The second-order valence-corrected chi connectivity index (χ2v) is 7.32. The largest absolute Gasteiger partial charge is 0.497 e. The monoisotopic (exact) mass is 450 g/mol. The van der Waals surface area contributed by atoms with Crippen molar-refractivity contribution in [3.05, 3.63) is 77.6 Å². The summed E-state index contributed by atoms with van der Waals surface area (Å²) in [6, 6.07) is 12.3. The van der Waals surface area contributed by atoms with Gasteiger partial charge in [0.05, 0.1) is 32.6 Å². The molecular weight excluding hydrogens is 427 g/mol. The van der Waals surface area contributed by atoms with E-state index in [0.717, 1.165) is 10.9 Å². The van der Waals surface area contributed by atoms with Crippen LogP contribution in [-0.4, -0.2) is 25.2 Å². The molecule has 0 fully saturated rings. The molecule has 33 heavy (non-hydrogen) atoms. The van der Waals surface area contributed by atoms with Crippen molar-refractivity contribution in [2.45, 2.75) is 19.6 Å². The number of hydrogen-bond donors (Lipinski definition) is 1. The van der Waals surface area contributed by atoms with Gasteiger partial charge in [-0.25, -0.2) is 4.39 Å². The van der Waals surface area contributed by atoms with E-state index >= 15 is 0 Å². The molecule has 0 aliphatic heterocycles.